The van der Waals surface area contributed by atoms with Gasteiger partial charge in [0.25, 0.3) is 5.69 Å². The third-order valence-electron chi connectivity index (χ3n) is 2.45. The molecule has 2 aromatic rings. The molecule has 0 saturated carbocycles. The Hall–Kier alpha value is -2.10. The molecule has 1 N–H and O–H groups in total. The Balaban J connectivity index is 2.82. The molecule has 0 amide bonds. The number of non-ortho nitro benzene ring substituents is 1. The van der Waals surface area contributed by atoms with Gasteiger partial charge < -0.3 is 5.21 Å². The molecule has 0 spiro atoms. The zero-order valence-electron chi connectivity index (χ0n) is 9.23. The molecular formula is C9H4ClF4N3O3. The normalized spacial score (nSPS) is 12.3. The van der Waals surface area contributed by atoms with Crippen LogP contribution < -0.4 is 0 Å². The van der Waals surface area contributed by atoms with Crippen molar-refractivity contribution in [2.45, 2.75) is 12.3 Å². The molecule has 0 aliphatic carbocycles. The zero-order valence-corrected chi connectivity index (χ0v) is 9.98. The summed E-state index contributed by atoms with van der Waals surface area (Å²) in [5, 5.41) is 20.0. The Kier molecular flexibility index (Phi) is 3.20. The Labute approximate surface area is 112 Å². The van der Waals surface area contributed by atoms with Gasteiger partial charge in [-0.1, -0.05) is 11.6 Å². The van der Waals surface area contributed by atoms with Gasteiger partial charge in [0.1, 0.15) is 5.52 Å². The minimum absolute atomic E-state index is 0.244. The van der Waals surface area contributed by atoms with E-state index in [0.29, 0.717) is 0 Å². The van der Waals surface area contributed by atoms with Crippen LogP contribution in [0.15, 0.2) is 12.1 Å². The second-order valence-corrected chi connectivity index (χ2v) is 4.16. The van der Waals surface area contributed by atoms with Crippen molar-refractivity contribution in [2.75, 3.05) is 0 Å². The SMILES string of the molecule is O=[N+]([O-])c1cc(Cl)cc2c1nc(C(F)(F)C(F)F)n2O. The summed E-state index contributed by atoms with van der Waals surface area (Å²) in [6.45, 7) is 0. The average molecular weight is 314 g/mol. The van der Waals surface area contributed by atoms with Crippen LogP contribution in [-0.2, 0) is 5.92 Å². The summed E-state index contributed by atoms with van der Waals surface area (Å²) >= 11 is 5.53. The lowest BCUT2D eigenvalue weighted by molar-refractivity contribution is -0.383. The van der Waals surface area contributed by atoms with Crippen LogP contribution in [0, 0.1) is 10.1 Å². The molecule has 0 bridgehead atoms. The minimum Gasteiger partial charge on any atom is -0.426 e. The van der Waals surface area contributed by atoms with E-state index in [-0.39, 0.29) is 9.75 Å². The Morgan fingerprint density at radius 3 is 2.55 bits per heavy atom. The van der Waals surface area contributed by atoms with E-state index in [4.69, 9.17) is 11.6 Å². The first-order valence-electron chi connectivity index (χ1n) is 4.88. The molecule has 6 nitrogen and oxygen atoms in total. The number of fused-ring (bicyclic) bond motifs is 1. The van der Waals surface area contributed by atoms with Crippen LogP contribution in [0.4, 0.5) is 23.2 Å². The van der Waals surface area contributed by atoms with E-state index >= 15 is 0 Å². The summed E-state index contributed by atoms with van der Waals surface area (Å²) in [6, 6.07) is 1.70. The molecule has 20 heavy (non-hydrogen) atoms. The lowest BCUT2D eigenvalue weighted by atomic mass is 10.3. The molecular weight excluding hydrogens is 310 g/mol. The standard InChI is InChI=1S/C9H4ClF4N3O3/c10-3-1-4-6(5(2-3)17(19)20)15-8(16(4)18)9(13,14)7(11)12/h1-2,7,18H. The molecule has 108 valence electrons. The monoisotopic (exact) mass is 313 g/mol. The van der Waals surface area contributed by atoms with Crippen molar-refractivity contribution in [3.63, 3.8) is 0 Å². The number of hydrogen-bond donors (Lipinski definition) is 1. The third-order valence-corrected chi connectivity index (χ3v) is 2.67. The van der Waals surface area contributed by atoms with E-state index in [2.05, 4.69) is 4.98 Å². The van der Waals surface area contributed by atoms with Crippen molar-refractivity contribution < 1.29 is 27.7 Å². The zero-order chi connectivity index (χ0) is 15.2. The fourth-order valence-corrected chi connectivity index (χ4v) is 1.77. The maximum absolute atomic E-state index is 13.2. The molecule has 0 radical (unpaired) electrons. The Morgan fingerprint density at radius 1 is 1.45 bits per heavy atom. The number of aromatic nitrogens is 2. The average Bonchev–Trinajstić information content (AvgIpc) is 2.66. The number of benzene rings is 1. The number of nitro groups is 1. The van der Waals surface area contributed by atoms with E-state index in [1.807, 2.05) is 0 Å². The van der Waals surface area contributed by atoms with Gasteiger partial charge in [-0.25, -0.2) is 13.8 Å². The first kappa shape index (κ1) is 14.3. The fraction of sp³-hybridized carbons (Fsp3) is 0.222. The van der Waals surface area contributed by atoms with E-state index in [1.54, 1.807) is 0 Å². The number of halogens is 5. The van der Waals surface area contributed by atoms with Crippen LogP contribution in [-0.4, -0.2) is 26.3 Å². The predicted molar refractivity (Wildman–Crippen MR) is 58.5 cm³/mol. The molecule has 0 aliphatic rings. The van der Waals surface area contributed by atoms with Gasteiger partial charge in [0, 0.05) is 11.1 Å². The first-order chi connectivity index (χ1) is 9.16. The predicted octanol–water partition coefficient (Wildman–Crippen LogP) is 3.19. The van der Waals surface area contributed by atoms with Crippen molar-refractivity contribution in [3.8, 4) is 0 Å². The molecule has 0 fully saturated rings. The fourth-order valence-electron chi connectivity index (χ4n) is 1.57. The van der Waals surface area contributed by atoms with E-state index < -0.39 is 39.8 Å². The van der Waals surface area contributed by atoms with Gasteiger partial charge in [-0.15, -0.1) is 0 Å². The lowest BCUT2D eigenvalue weighted by Gasteiger charge is -2.13. The van der Waals surface area contributed by atoms with Gasteiger partial charge in [0.2, 0.25) is 5.82 Å². The summed E-state index contributed by atoms with van der Waals surface area (Å²) in [5.41, 5.74) is -2.02. The van der Waals surface area contributed by atoms with Crippen molar-refractivity contribution >= 4 is 28.3 Å². The number of nitro benzene ring substituents is 1. The molecule has 2 rings (SSSR count). The van der Waals surface area contributed by atoms with Crippen molar-refractivity contribution in [1.82, 2.24) is 9.71 Å². The maximum Gasteiger partial charge on any atom is 0.367 e. The summed E-state index contributed by atoms with van der Waals surface area (Å²) in [5.74, 6) is -6.47. The second-order valence-electron chi connectivity index (χ2n) is 3.72. The number of hydrogen-bond acceptors (Lipinski definition) is 4. The van der Waals surface area contributed by atoms with Crippen molar-refractivity contribution in [1.29, 1.82) is 0 Å². The summed E-state index contributed by atoms with van der Waals surface area (Å²) in [6.07, 6.45) is -4.14. The number of nitrogens with zero attached hydrogens (tertiary/aromatic N) is 3. The maximum atomic E-state index is 13.2. The quantitative estimate of drug-likeness (QED) is 0.408. The van der Waals surface area contributed by atoms with E-state index in [9.17, 15) is 32.9 Å². The van der Waals surface area contributed by atoms with Gasteiger partial charge >= 0.3 is 12.3 Å². The van der Waals surface area contributed by atoms with Crippen molar-refractivity contribution in [3.05, 3.63) is 33.1 Å². The van der Waals surface area contributed by atoms with E-state index in [0.717, 1.165) is 12.1 Å². The van der Waals surface area contributed by atoms with Gasteiger partial charge in [0.15, 0.2) is 5.52 Å². The topological polar surface area (TPSA) is 81.2 Å². The molecule has 1 aromatic heterocycles. The summed E-state index contributed by atoms with van der Waals surface area (Å²) in [7, 11) is 0. The number of imidazole rings is 1. The van der Waals surface area contributed by atoms with Crippen LogP contribution in [0.2, 0.25) is 5.02 Å². The van der Waals surface area contributed by atoms with Gasteiger partial charge in [-0.2, -0.15) is 13.5 Å². The van der Waals surface area contributed by atoms with Crippen LogP contribution >= 0.6 is 11.6 Å². The second kappa shape index (κ2) is 4.47. The molecule has 1 aromatic carbocycles. The molecule has 0 saturated heterocycles. The minimum atomic E-state index is -4.77. The summed E-state index contributed by atoms with van der Waals surface area (Å²) < 4.78 is 50.6. The number of rotatable bonds is 3. The van der Waals surface area contributed by atoms with Crippen LogP contribution in [0.1, 0.15) is 5.82 Å². The largest absolute Gasteiger partial charge is 0.426 e. The third kappa shape index (κ3) is 2.01. The van der Waals surface area contributed by atoms with Crippen LogP contribution in [0.25, 0.3) is 11.0 Å². The molecule has 0 unspecified atom stereocenters. The van der Waals surface area contributed by atoms with Gasteiger partial charge in [-0.05, 0) is 6.07 Å². The molecule has 0 aliphatic heterocycles. The molecule has 11 heteroatoms. The highest BCUT2D eigenvalue weighted by Gasteiger charge is 2.48. The highest BCUT2D eigenvalue weighted by molar-refractivity contribution is 6.31. The first-order valence-corrected chi connectivity index (χ1v) is 5.26. The highest BCUT2D eigenvalue weighted by Crippen LogP contribution is 2.37. The van der Waals surface area contributed by atoms with Gasteiger partial charge in [-0.3, -0.25) is 10.1 Å². The molecule has 0 atom stereocenters. The van der Waals surface area contributed by atoms with Crippen LogP contribution in [0.5, 0.6) is 0 Å². The summed E-state index contributed by atoms with van der Waals surface area (Å²) in [4.78, 5) is 12.8. The van der Waals surface area contributed by atoms with E-state index in [1.165, 1.54) is 0 Å². The highest BCUT2D eigenvalue weighted by atomic mass is 35.5. The molecule has 1 heterocycles. The Morgan fingerprint density at radius 2 is 2.05 bits per heavy atom. The number of alkyl halides is 4. The van der Waals surface area contributed by atoms with Crippen LogP contribution in [0.3, 0.4) is 0 Å². The Bertz CT molecular complexity index is 703. The van der Waals surface area contributed by atoms with Crippen molar-refractivity contribution in [2.24, 2.45) is 0 Å². The van der Waals surface area contributed by atoms with Gasteiger partial charge in [0.05, 0.1) is 4.92 Å². The smallest absolute Gasteiger partial charge is 0.367 e. The lowest BCUT2D eigenvalue weighted by Crippen LogP contribution is -2.27.